The molecule has 0 nitrogen and oxygen atoms in total. The van der Waals surface area contributed by atoms with Crippen molar-refractivity contribution in [3.63, 3.8) is 0 Å². The second kappa shape index (κ2) is 12.1. The third-order valence-electron chi connectivity index (χ3n) is 9.93. The summed E-state index contributed by atoms with van der Waals surface area (Å²) >= 11 is 0. The van der Waals surface area contributed by atoms with E-state index < -0.39 is 6.17 Å². The summed E-state index contributed by atoms with van der Waals surface area (Å²) in [5.41, 5.74) is 0. The Balaban J connectivity index is 1.13. The Labute approximate surface area is 192 Å². The molecule has 0 unspecified atom stereocenters. The second-order valence-corrected chi connectivity index (χ2v) is 11.9. The maximum Gasteiger partial charge on any atom is 0.100 e. The second-order valence-electron chi connectivity index (χ2n) is 11.9. The zero-order chi connectivity index (χ0) is 21.5. The van der Waals surface area contributed by atoms with Crippen LogP contribution in [-0.2, 0) is 0 Å². The fourth-order valence-corrected chi connectivity index (χ4v) is 7.70. The van der Waals surface area contributed by atoms with Gasteiger partial charge in [0.2, 0.25) is 0 Å². The lowest BCUT2D eigenvalue weighted by molar-refractivity contribution is 0.107. The van der Waals surface area contributed by atoms with Crippen molar-refractivity contribution in [3.05, 3.63) is 0 Å². The normalized spacial score (nSPS) is 41.9. The van der Waals surface area contributed by atoms with E-state index in [9.17, 15) is 4.39 Å². The van der Waals surface area contributed by atoms with Crippen molar-refractivity contribution < 1.29 is 4.39 Å². The third kappa shape index (κ3) is 6.98. The zero-order valence-corrected chi connectivity index (χ0v) is 20.4. The van der Waals surface area contributed by atoms with Gasteiger partial charge >= 0.3 is 0 Å². The van der Waals surface area contributed by atoms with Gasteiger partial charge < -0.3 is 0 Å². The first kappa shape index (κ1) is 23.6. The van der Waals surface area contributed by atoms with Crippen molar-refractivity contribution in [2.45, 2.75) is 135 Å². The van der Waals surface area contributed by atoms with Crippen LogP contribution in [-0.4, -0.2) is 6.17 Å². The average Bonchev–Trinajstić information content (AvgIpc) is 2.83. The monoisotopic (exact) mass is 428 g/mol. The van der Waals surface area contributed by atoms with Crippen LogP contribution in [0, 0.1) is 53.3 Å². The molecule has 0 aliphatic heterocycles. The fourth-order valence-electron chi connectivity index (χ4n) is 7.70. The predicted molar refractivity (Wildman–Crippen MR) is 130 cm³/mol. The maximum atomic E-state index is 13.3. The van der Waals surface area contributed by atoms with Crippen LogP contribution in [0.1, 0.15) is 129 Å². The number of hydrogen-bond donors (Lipinski definition) is 0. The molecule has 4 rings (SSSR count). The molecule has 0 spiro atoms. The summed E-state index contributed by atoms with van der Waals surface area (Å²) in [6.07, 6.45) is 25.0. The van der Waals surface area contributed by atoms with Gasteiger partial charge in [-0.3, -0.25) is 0 Å². The van der Waals surface area contributed by atoms with Gasteiger partial charge in [0.25, 0.3) is 0 Å². The summed E-state index contributed by atoms with van der Waals surface area (Å²) < 4.78 is 13.3. The molecule has 0 aromatic heterocycles. The molecule has 0 N–H and O–H groups in total. The van der Waals surface area contributed by atoms with Gasteiger partial charge in [-0.1, -0.05) is 50.9 Å². The quantitative estimate of drug-likeness (QED) is 0.383. The van der Waals surface area contributed by atoms with Crippen LogP contribution in [0.2, 0.25) is 0 Å². The number of unbranched alkanes of at least 4 members (excludes halogenated alkanes) is 1. The molecule has 1 heteroatoms. The number of alkyl halides is 1. The first-order valence-electron chi connectivity index (χ1n) is 14.4. The van der Waals surface area contributed by atoms with Crippen molar-refractivity contribution in [1.82, 2.24) is 0 Å². The van der Waals surface area contributed by atoms with E-state index in [4.69, 9.17) is 0 Å². The lowest BCUT2D eigenvalue weighted by Gasteiger charge is -2.41. The molecule has 0 amide bonds. The predicted octanol–water partition coefficient (Wildman–Crippen LogP) is 9.13. The lowest BCUT2D eigenvalue weighted by atomic mass is 9.65. The Hall–Kier alpha value is -0.510. The number of rotatable bonds is 5. The first-order chi connectivity index (χ1) is 15.2. The van der Waals surface area contributed by atoms with Gasteiger partial charge in [-0.05, 0) is 119 Å². The van der Waals surface area contributed by atoms with Crippen molar-refractivity contribution in [1.29, 1.82) is 0 Å². The zero-order valence-electron chi connectivity index (χ0n) is 20.4. The van der Waals surface area contributed by atoms with Crippen molar-refractivity contribution in [2.75, 3.05) is 0 Å². The Bertz CT molecular complexity index is 553. The largest absolute Gasteiger partial charge is 0.247 e. The molecule has 4 aliphatic carbocycles. The molecule has 0 heterocycles. The Morgan fingerprint density at radius 3 is 1.39 bits per heavy atom. The van der Waals surface area contributed by atoms with Crippen LogP contribution in [0.15, 0.2) is 0 Å². The van der Waals surface area contributed by atoms with E-state index >= 15 is 0 Å². The highest BCUT2D eigenvalue weighted by Crippen LogP contribution is 2.46. The molecule has 0 atom stereocenters. The summed E-state index contributed by atoms with van der Waals surface area (Å²) in [5.74, 6) is 13.5. The molecule has 4 aliphatic rings. The molecule has 176 valence electrons. The Kier molecular flexibility index (Phi) is 9.22. The summed E-state index contributed by atoms with van der Waals surface area (Å²) in [5, 5.41) is 0. The highest BCUT2D eigenvalue weighted by molar-refractivity contribution is 5.09. The lowest BCUT2D eigenvalue weighted by Crippen LogP contribution is -2.29. The number of halogens is 1. The fraction of sp³-hybridized carbons (Fsp3) is 0.933. The standard InChI is InChI=1S/C30H49F/c1-2-3-4-23-7-13-26(14-8-23)28-17-19-29(20-18-28)27-15-9-24(10-16-27)5-6-25-11-21-30(31)22-12-25/h23-30H,2-4,7-22H2,1H3. The molecule has 0 radical (unpaired) electrons. The van der Waals surface area contributed by atoms with E-state index in [2.05, 4.69) is 18.8 Å². The minimum atomic E-state index is -0.551. The molecular weight excluding hydrogens is 379 g/mol. The van der Waals surface area contributed by atoms with Gasteiger partial charge in [0.05, 0.1) is 0 Å². The van der Waals surface area contributed by atoms with Crippen LogP contribution in [0.5, 0.6) is 0 Å². The van der Waals surface area contributed by atoms with E-state index in [0.717, 1.165) is 55.3 Å². The SMILES string of the molecule is CCCCC1CCC(C2CCC(C3CCC(C#CC4CCC(F)CC4)CC3)CC2)CC1. The molecule has 0 aromatic rings. The van der Waals surface area contributed by atoms with Gasteiger partial charge in [-0.2, -0.15) is 0 Å². The summed E-state index contributed by atoms with van der Waals surface area (Å²) in [6, 6.07) is 0. The average molecular weight is 429 g/mol. The van der Waals surface area contributed by atoms with Gasteiger partial charge in [0, 0.05) is 11.8 Å². The molecule has 4 fully saturated rings. The molecule has 0 saturated heterocycles. The summed E-state index contributed by atoms with van der Waals surface area (Å²) in [7, 11) is 0. The van der Waals surface area contributed by atoms with Crippen LogP contribution in [0.4, 0.5) is 4.39 Å². The Morgan fingerprint density at radius 2 is 0.935 bits per heavy atom. The van der Waals surface area contributed by atoms with E-state index in [0.29, 0.717) is 11.8 Å². The van der Waals surface area contributed by atoms with E-state index in [1.807, 2.05) is 0 Å². The van der Waals surface area contributed by atoms with Crippen molar-refractivity contribution in [2.24, 2.45) is 41.4 Å². The van der Waals surface area contributed by atoms with Gasteiger partial charge in [0.15, 0.2) is 0 Å². The Morgan fingerprint density at radius 1 is 0.548 bits per heavy atom. The van der Waals surface area contributed by atoms with Crippen LogP contribution < -0.4 is 0 Å². The van der Waals surface area contributed by atoms with E-state index in [1.165, 1.54) is 83.5 Å². The minimum Gasteiger partial charge on any atom is -0.247 e. The molecular formula is C30H49F. The van der Waals surface area contributed by atoms with E-state index in [1.54, 1.807) is 12.8 Å². The molecule has 0 bridgehead atoms. The van der Waals surface area contributed by atoms with Crippen LogP contribution in [0.25, 0.3) is 0 Å². The minimum absolute atomic E-state index is 0.488. The topological polar surface area (TPSA) is 0 Å². The van der Waals surface area contributed by atoms with Crippen LogP contribution >= 0.6 is 0 Å². The van der Waals surface area contributed by atoms with E-state index in [-0.39, 0.29) is 0 Å². The molecule has 31 heavy (non-hydrogen) atoms. The van der Waals surface area contributed by atoms with Gasteiger partial charge in [-0.15, -0.1) is 0 Å². The smallest absolute Gasteiger partial charge is 0.100 e. The highest BCUT2D eigenvalue weighted by Gasteiger charge is 2.34. The van der Waals surface area contributed by atoms with Crippen molar-refractivity contribution in [3.8, 4) is 11.8 Å². The van der Waals surface area contributed by atoms with Crippen LogP contribution in [0.3, 0.4) is 0 Å². The van der Waals surface area contributed by atoms with Crippen molar-refractivity contribution >= 4 is 0 Å². The summed E-state index contributed by atoms with van der Waals surface area (Å²) in [6.45, 7) is 2.34. The third-order valence-corrected chi connectivity index (χ3v) is 9.93. The summed E-state index contributed by atoms with van der Waals surface area (Å²) in [4.78, 5) is 0. The molecule has 4 saturated carbocycles. The molecule has 0 aromatic carbocycles. The van der Waals surface area contributed by atoms with Gasteiger partial charge in [0.1, 0.15) is 6.17 Å². The maximum absolute atomic E-state index is 13.3. The van der Waals surface area contributed by atoms with Gasteiger partial charge in [-0.25, -0.2) is 4.39 Å². The number of hydrogen-bond acceptors (Lipinski definition) is 0. The highest BCUT2D eigenvalue weighted by atomic mass is 19.1. The first-order valence-corrected chi connectivity index (χ1v) is 14.4.